The fourth-order valence-electron chi connectivity index (χ4n) is 3.28. The van der Waals surface area contributed by atoms with Crippen LogP contribution in [0.25, 0.3) is 0 Å². The van der Waals surface area contributed by atoms with Crippen LogP contribution in [0.5, 0.6) is 0 Å². The summed E-state index contributed by atoms with van der Waals surface area (Å²) in [7, 11) is 0. The van der Waals surface area contributed by atoms with Gasteiger partial charge in [0.25, 0.3) is 5.91 Å². The minimum atomic E-state index is -0.768. The zero-order chi connectivity index (χ0) is 22.4. The number of hydrogen-bond acceptors (Lipinski definition) is 5. The lowest BCUT2D eigenvalue weighted by Crippen LogP contribution is -2.32. The Hall–Kier alpha value is -3.38. The van der Waals surface area contributed by atoms with E-state index < -0.39 is 23.8 Å². The van der Waals surface area contributed by atoms with Gasteiger partial charge >= 0.3 is 11.9 Å². The predicted octanol–water partition coefficient (Wildman–Crippen LogP) is 4.47. The van der Waals surface area contributed by atoms with Gasteiger partial charge in [-0.2, -0.15) is 0 Å². The van der Waals surface area contributed by atoms with Crippen LogP contribution in [-0.2, 0) is 19.1 Å². The van der Waals surface area contributed by atoms with Gasteiger partial charge in [-0.15, -0.1) is 0 Å². The van der Waals surface area contributed by atoms with E-state index in [4.69, 9.17) is 21.1 Å². The van der Waals surface area contributed by atoms with Crippen molar-refractivity contribution in [2.75, 3.05) is 13.2 Å². The normalized spacial score (nSPS) is 13.8. The third-order valence-corrected chi connectivity index (χ3v) is 4.91. The molecule has 2 aromatic carbocycles. The highest BCUT2D eigenvalue weighted by atomic mass is 35.5. The molecule has 31 heavy (non-hydrogen) atoms. The molecule has 3 rings (SSSR count). The number of nitrogens with zero attached hydrogens (tertiary/aromatic N) is 1. The van der Waals surface area contributed by atoms with E-state index in [1.54, 1.807) is 68.4 Å². The Balaban J connectivity index is 2.14. The first-order chi connectivity index (χ1) is 15.0. The SMILES string of the molecule is CCOC(=O)C1=CN(C(=O)c2ccccc2)C=C(C(=O)OCC)C1c1ccc(Cl)cc1. The molecule has 0 saturated carbocycles. The van der Waals surface area contributed by atoms with Gasteiger partial charge in [0.1, 0.15) is 0 Å². The summed E-state index contributed by atoms with van der Waals surface area (Å²) in [6.45, 7) is 3.67. The van der Waals surface area contributed by atoms with Gasteiger partial charge in [0.05, 0.1) is 30.3 Å². The summed E-state index contributed by atoms with van der Waals surface area (Å²) in [6.07, 6.45) is 2.82. The largest absolute Gasteiger partial charge is 0.463 e. The lowest BCUT2D eigenvalue weighted by atomic mass is 9.83. The maximum absolute atomic E-state index is 13.1. The Morgan fingerprint density at radius 3 is 1.84 bits per heavy atom. The Kier molecular flexibility index (Phi) is 7.26. The molecule has 0 atom stereocenters. The van der Waals surface area contributed by atoms with E-state index >= 15 is 0 Å². The van der Waals surface area contributed by atoms with Crippen LogP contribution in [0, 0.1) is 0 Å². The van der Waals surface area contributed by atoms with Crippen molar-refractivity contribution in [3.8, 4) is 0 Å². The van der Waals surface area contributed by atoms with Gasteiger partial charge in [0.2, 0.25) is 0 Å². The molecule has 1 aliphatic heterocycles. The average molecular weight is 440 g/mol. The molecule has 0 spiro atoms. The van der Waals surface area contributed by atoms with Gasteiger partial charge in [-0.05, 0) is 43.7 Å². The lowest BCUT2D eigenvalue weighted by Gasteiger charge is -2.29. The Morgan fingerprint density at radius 1 is 0.839 bits per heavy atom. The van der Waals surface area contributed by atoms with Crippen molar-refractivity contribution in [3.63, 3.8) is 0 Å². The summed E-state index contributed by atoms with van der Waals surface area (Å²) in [5.74, 6) is -2.40. The highest BCUT2D eigenvalue weighted by Crippen LogP contribution is 2.38. The number of halogens is 1. The van der Waals surface area contributed by atoms with Crippen LogP contribution in [0.1, 0.15) is 35.7 Å². The van der Waals surface area contributed by atoms with Crippen molar-refractivity contribution in [3.05, 3.63) is 94.3 Å². The zero-order valence-electron chi connectivity index (χ0n) is 17.2. The number of amides is 1. The highest BCUT2D eigenvalue weighted by molar-refractivity contribution is 6.30. The quantitative estimate of drug-likeness (QED) is 0.621. The molecule has 6 nitrogen and oxygen atoms in total. The average Bonchev–Trinajstić information content (AvgIpc) is 2.79. The van der Waals surface area contributed by atoms with E-state index in [1.165, 1.54) is 17.3 Å². The van der Waals surface area contributed by atoms with Crippen LogP contribution in [0.2, 0.25) is 5.02 Å². The number of benzene rings is 2. The predicted molar refractivity (Wildman–Crippen MR) is 116 cm³/mol. The first-order valence-corrected chi connectivity index (χ1v) is 10.2. The maximum atomic E-state index is 13.1. The fourth-order valence-corrected chi connectivity index (χ4v) is 3.41. The van der Waals surface area contributed by atoms with E-state index in [1.807, 2.05) is 0 Å². The van der Waals surface area contributed by atoms with E-state index in [9.17, 15) is 14.4 Å². The second-order valence-corrected chi connectivity index (χ2v) is 7.11. The minimum Gasteiger partial charge on any atom is -0.463 e. The van der Waals surface area contributed by atoms with E-state index in [0.717, 1.165) is 0 Å². The van der Waals surface area contributed by atoms with E-state index in [2.05, 4.69) is 0 Å². The molecule has 0 aliphatic carbocycles. The van der Waals surface area contributed by atoms with Gasteiger partial charge in [-0.3, -0.25) is 9.69 Å². The lowest BCUT2D eigenvalue weighted by molar-refractivity contribution is -0.139. The molecule has 0 saturated heterocycles. The summed E-state index contributed by atoms with van der Waals surface area (Å²) in [5, 5.41) is 0.517. The van der Waals surface area contributed by atoms with Crippen molar-refractivity contribution in [1.82, 2.24) is 4.90 Å². The molecule has 0 radical (unpaired) electrons. The van der Waals surface area contributed by atoms with Crippen LogP contribution < -0.4 is 0 Å². The Bertz CT molecular complexity index is 992. The molecule has 0 aromatic heterocycles. The maximum Gasteiger partial charge on any atom is 0.336 e. The topological polar surface area (TPSA) is 72.9 Å². The van der Waals surface area contributed by atoms with Gasteiger partial charge in [0.15, 0.2) is 0 Å². The molecule has 0 unspecified atom stereocenters. The minimum absolute atomic E-state index is 0.147. The molecule has 1 aliphatic rings. The smallest absolute Gasteiger partial charge is 0.336 e. The summed E-state index contributed by atoms with van der Waals surface area (Å²) in [6, 6.07) is 15.4. The monoisotopic (exact) mass is 439 g/mol. The van der Waals surface area contributed by atoms with Crippen molar-refractivity contribution >= 4 is 29.4 Å². The highest BCUT2D eigenvalue weighted by Gasteiger charge is 2.36. The summed E-state index contributed by atoms with van der Waals surface area (Å²) in [5.41, 5.74) is 1.36. The molecule has 2 aromatic rings. The molecule has 0 N–H and O–H groups in total. The third-order valence-electron chi connectivity index (χ3n) is 4.66. The van der Waals surface area contributed by atoms with Gasteiger partial charge < -0.3 is 9.47 Å². The first-order valence-electron chi connectivity index (χ1n) is 9.87. The third kappa shape index (κ3) is 5.03. The number of carbonyl (C=O) groups excluding carboxylic acids is 3. The molecular formula is C24H22ClNO5. The van der Waals surface area contributed by atoms with Crippen LogP contribution in [-0.4, -0.2) is 36.0 Å². The van der Waals surface area contributed by atoms with Crippen molar-refractivity contribution in [2.24, 2.45) is 0 Å². The van der Waals surface area contributed by atoms with Gasteiger partial charge in [0, 0.05) is 23.0 Å². The second kappa shape index (κ2) is 10.1. The van der Waals surface area contributed by atoms with E-state index in [0.29, 0.717) is 16.1 Å². The Labute approximate surface area is 185 Å². The van der Waals surface area contributed by atoms with Crippen LogP contribution in [0.15, 0.2) is 78.1 Å². The van der Waals surface area contributed by atoms with Gasteiger partial charge in [-0.25, -0.2) is 9.59 Å². The number of ether oxygens (including phenoxy) is 2. The summed E-state index contributed by atoms with van der Waals surface area (Å²) >= 11 is 6.02. The van der Waals surface area contributed by atoms with Crippen LogP contribution in [0.3, 0.4) is 0 Å². The number of hydrogen-bond donors (Lipinski definition) is 0. The van der Waals surface area contributed by atoms with Crippen molar-refractivity contribution < 1.29 is 23.9 Å². The number of esters is 2. The van der Waals surface area contributed by atoms with Crippen LogP contribution >= 0.6 is 11.6 Å². The molecule has 1 heterocycles. The fraction of sp³-hybridized carbons (Fsp3) is 0.208. The summed E-state index contributed by atoms with van der Waals surface area (Å²) in [4.78, 5) is 40.0. The second-order valence-electron chi connectivity index (χ2n) is 6.67. The number of rotatable bonds is 6. The van der Waals surface area contributed by atoms with Crippen LogP contribution in [0.4, 0.5) is 0 Å². The molecule has 0 fully saturated rings. The molecule has 0 bridgehead atoms. The standard InChI is InChI=1S/C24H22ClNO5/c1-3-30-23(28)19-14-26(22(27)17-8-6-5-7-9-17)15-20(24(29)31-4-2)21(19)16-10-12-18(25)13-11-16/h5-15,21H,3-4H2,1-2H3. The van der Waals surface area contributed by atoms with Crippen molar-refractivity contribution in [1.29, 1.82) is 0 Å². The molecule has 1 amide bonds. The van der Waals surface area contributed by atoms with Crippen molar-refractivity contribution in [2.45, 2.75) is 19.8 Å². The Morgan fingerprint density at radius 2 is 1.35 bits per heavy atom. The van der Waals surface area contributed by atoms with E-state index in [-0.39, 0.29) is 24.4 Å². The zero-order valence-corrected chi connectivity index (χ0v) is 18.0. The van der Waals surface area contributed by atoms with Gasteiger partial charge in [-0.1, -0.05) is 41.9 Å². The molecule has 160 valence electrons. The molecular weight excluding hydrogens is 418 g/mol. The summed E-state index contributed by atoms with van der Waals surface area (Å²) < 4.78 is 10.5. The number of carbonyl (C=O) groups is 3. The first kappa shape index (κ1) is 22.3. The molecule has 7 heteroatoms.